The Kier molecular flexibility index (Phi) is 6.65. The molecule has 0 bridgehead atoms. The number of amides is 1. The van der Waals surface area contributed by atoms with E-state index in [9.17, 15) is 31.5 Å². The number of halogens is 5. The highest BCUT2D eigenvalue weighted by Crippen LogP contribution is 2.34. The minimum absolute atomic E-state index is 0.0402. The van der Waals surface area contributed by atoms with Crippen LogP contribution >= 0.6 is 0 Å². The number of benzene rings is 1. The summed E-state index contributed by atoms with van der Waals surface area (Å²) >= 11 is 0. The lowest BCUT2D eigenvalue weighted by Gasteiger charge is -2.19. The lowest BCUT2D eigenvalue weighted by Crippen LogP contribution is -2.29. The second-order valence-corrected chi connectivity index (χ2v) is 6.62. The first-order valence-corrected chi connectivity index (χ1v) is 9.09. The number of methoxy groups -OCH3 is 1. The quantitative estimate of drug-likeness (QED) is 0.530. The number of hydrogen-bond acceptors (Lipinski definition) is 6. The lowest BCUT2D eigenvalue weighted by atomic mass is 10.1. The Morgan fingerprint density at radius 3 is 2.52 bits per heavy atom. The van der Waals surface area contributed by atoms with Crippen molar-refractivity contribution in [2.24, 2.45) is 0 Å². The van der Waals surface area contributed by atoms with E-state index >= 15 is 0 Å². The molecule has 0 aliphatic heterocycles. The first kappa shape index (κ1) is 23.7. The summed E-state index contributed by atoms with van der Waals surface area (Å²) in [6.45, 7) is -3.26. The van der Waals surface area contributed by atoms with Crippen LogP contribution in [0.3, 0.4) is 0 Å². The number of hydrogen-bond donors (Lipinski definition) is 1. The van der Waals surface area contributed by atoms with Crippen molar-refractivity contribution in [3.63, 3.8) is 0 Å². The van der Waals surface area contributed by atoms with E-state index in [0.29, 0.717) is 10.2 Å². The fourth-order valence-corrected chi connectivity index (χ4v) is 2.96. The Balaban J connectivity index is 1.90. The van der Waals surface area contributed by atoms with E-state index in [1.807, 2.05) is 5.10 Å². The summed E-state index contributed by atoms with van der Waals surface area (Å²) in [6.07, 6.45) is -4.23. The summed E-state index contributed by atoms with van der Waals surface area (Å²) in [6, 6.07) is 5.86. The van der Waals surface area contributed by atoms with Gasteiger partial charge in [0.2, 0.25) is 0 Å². The SMILES string of the molecule is COc1cc(CN(C)C(=O)c2cnn(-c3ccc(=O)[nH]n3)c2C(F)(F)F)ccc1OC(F)F. The summed E-state index contributed by atoms with van der Waals surface area (Å²) in [4.78, 5) is 25.0. The third-order valence-corrected chi connectivity index (χ3v) is 4.36. The van der Waals surface area contributed by atoms with Gasteiger partial charge in [-0.2, -0.15) is 32.1 Å². The van der Waals surface area contributed by atoms with Crippen LogP contribution < -0.4 is 15.0 Å². The fraction of sp³-hybridized carbons (Fsp3) is 0.263. The zero-order valence-corrected chi connectivity index (χ0v) is 17.1. The number of aromatic nitrogens is 4. The smallest absolute Gasteiger partial charge is 0.434 e. The van der Waals surface area contributed by atoms with E-state index in [4.69, 9.17) is 4.74 Å². The number of alkyl halides is 5. The highest BCUT2D eigenvalue weighted by molar-refractivity contribution is 5.95. The third-order valence-electron chi connectivity index (χ3n) is 4.36. The largest absolute Gasteiger partial charge is 0.493 e. The van der Waals surface area contributed by atoms with Crippen molar-refractivity contribution in [2.75, 3.05) is 14.2 Å². The average Bonchev–Trinajstić information content (AvgIpc) is 3.20. The summed E-state index contributed by atoms with van der Waals surface area (Å²) in [5.41, 5.74) is -2.37. The van der Waals surface area contributed by atoms with E-state index in [1.165, 1.54) is 32.4 Å². The predicted octanol–water partition coefficient (Wildman–Crippen LogP) is 2.86. The van der Waals surface area contributed by atoms with Gasteiger partial charge in [0, 0.05) is 19.7 Å². The topological polar surface area (TPSA) is 102 Å². The van der Waals surface area contributed by atoms with Crippen molar-refractivity contribution in [1.82, 2.24) is 24.9 Å². The number of ether oxygens (including phenoxy) is 2. The molecule has 33 heavy (non-hydrogen) atoms. The minimum atomic E-state index is -4.97. The van der Waals surface area contributed by atoms with Gasteiger partial charge in [-0.3, -0.25) is 9.59 Å². The van der Waals surface area contributed by atoms with Gasteiger partial charge in [-0.25, -0.2) is 9.78 Å². The number of nitrogens with one attached hydrogen (secondary N) is 1. The van der Waals surface area contributed by atoms with Gasteiger partial charge in [0.05, 0.1) is 18.9 Å². The van der Waals surface area contributed by atoms with Crippen LogP contribution in [0.15, 0.2) is 41.3 Å². The van der Waals surface area contributed by atoms with Crippen LogP contribution in [0.5, 0.6) is 11.5 Å². The Morgan fingerprint density at radius 2 is 1.94 bits per heavy atom. The summed E-state index contributed by atoms with van der Waals surface area (Å²) in [5, 5.41) is 9.13. The second kappa shape index (κ2) is 9.26. The number of rotatable bonds is 7. The van der Waals surface area contributed by atoms with Crippen molar-refractivity contribution >= 4 is 5.91 Å². The average molecular weight is 473 g/mol. The van der Waals surface area contributed by atoms with Crippen LogP contribution in [0.25, 0.3) is 5.82 Å². The molecule has 1 N–H and O–H groups in total. The molecule has 0 aliphatic carbocycles. The lowest BCUT2D eigenvalue weighted by molar-refractivity contribution is -0.143. The van der Waals surface area contributed by atoms with Crippen LogP contribution in [0.1, 0.15) is 21.6 Å². The molecular formula is C19H16F5N5O4. The molecule has 0 spiro atoms. The molecule has 0 atom stereocenters. The number of carbonyl (C=O) groups excluding carboxylic acids is 1. The van der Waals surface area contributed by atoms with Gasteiger partial charge in [-0.15, -0.1) is 0 Å². The van der Waals surface area contributed by atoms with Crippen molar-refractivity contribution in [2.45, 2.75) is 19.3 Å². The molecule has 3 aromatic rings. The standard InChI is InChI=1S/C19H16F5N5O4/c1-28(9-10-3-4-12(33-18(20)21)13(7-10)32-2)17(31)11-8-25-29(16(11)19(22,23)24)14-5-6-15(30)27-26-14/h3-8,18H,9H2,1-2H3,(H,27,30). The maximum Gasteiger partial charge on any atom is 0.434 e. The molecule has 2 heterocycles. The Morgan fingerprint density at radius 1 is 1.21 bits per heavy atom. The van der Waals surface area contributed by atoms with E-state index in [-0.39, 0.29) is 23.9 Å². The molecule has 0 saturated heterocycles. The highest BCUT2D eigenvalue weighted by Gasteiger charge is 2.41. The molecular weight excluding hydrogens is 457 g/mol. The third kappa shape index (κ3) is 5.27. The molecule has 1 aromatic carbocycles. The molecule has 0 aliphatic rings. The molecule has 0 unspecified atom stereocenters. The Labute approximate surface area is 182 Å². The molecule has 0 saturated carbocycles. The first-order valence-electron chi connectivity index (χ1n) is 9.09. The van der Waals surface area contributed by atoms with Crippen molar-refractivity contribution in [1.29, 1.82) is 0 Å². The van der Waals surface area contributed by atoms with Gasteiger partial charge in [0.1, 0.15) is 0 Å². The number of carbonyl (C=O) groups is 1. The summed E-state index contributed by atoms with van der Waals surface area (Å²) < 4.78 is 76.0. The van der Waals surface area contributed by atoms with Crippen LogP contribution in [-0.4, -0.2) is 51.6 Å². The van der Waals surface area contributed by atoms with Gasteiger partial charge in [-0.05, 0) is 23.8 Å². The minimum Gasteiger partial charge on any atom is -0.493 e. The van der Waals surface area contributed by atoms with Gasteiger partial charge < -0.3 is 14.4 Å². The molecule has 0 radical (unpaired) electrons. The normalized spacial score (nSPS) is 11.5. The monoisotopic (exact) mass is 473 g/mol. The van der Waals surface area contributed by atoms with Crippen LogP contribution in [0.2, 0.25) is 0 Å². The first-order chi connectivity index (χ1) is 15.5. The Hall–Kier alpha value is -3.97. The van der Waals surface area contributed by atoms with E-state index in [1.54, 1.807) is 0 Å². The summed E-state index contributed by atoms with van der Waals surface area (Å²) in [5.74, 6) is -1.63. The maximum atomic E-state index is 13.8. The van der Waals surface area contributed by atoms with Gasteiger partial charge in [0.15, 0.2) is 23.0 Å². The zero-order chi connectivity index (χ0) is 24.3. The molecule has 9 nitrogen and oxygen atoms in total. The number of H-pyrrole nitrogens is 1. The van der Waals surface area contributed by atoms with E-state index < -0.39 is 35.5 Å². The van der Waals surface area contributed by atoms with E-state index in [0.717, 1.165) is 23.2 Å². The summed E-state index contributed by atoms with van der Waals surface area (Å²) in [7, 11) is 2.48. The van der Waals surface area contributed by atoms with Gasteiger partial charge >= 0.3 is 12.8 Å². The van der Waals surface area contributed by atoms with Crippen LogP contribution in [-0.2, 0) is 12.7 Å². The van der Waals surface area contributed by atoms with Crippen LogP contribution in [0, 0.1) is 0 Å². The van der Waals surface area contributed by atoms with Crippen molar-refractivity contribution < 1.29 is 36.2 Å². The molecule has 0 fully saturated rings. The molecule has 2 aromatic heterocycles. The number of nitrogens with zero attached hydrogens (tertiary/aromatic N) is 4. The van der Waals surface area contributed by atoms with Crippen molar-refractivity contribution in [3.8, 4) is 17.3 Å². The van der Waals surface area contributed by atoms with Gasteiger partial charge in [-0.1, -0.05) is 6.07 Å². The van der Waals surface area contributed by atoms with E-state index in [2.05, 4.69) is 14.9 Å². The Bertz CT molecular complexity index is 1190. The maximum absolute atomic E-state index is 13.8. The molecule has 176 valence electrons. The molecule has 3 rings (SSSR count). The number of aromatic amines is 1. The molecule has 14 heteroatoms. The predicted molar refractivity (Wildman–Crippen MR) is 102 cm³/mol. The zero-order valence-electron chi connectivity index (χ0n) is 17.1. The van der Waals surface area contributed by atoms with Crippen LogP contribution in [0.4, 0.5) is 22.0 Å². The highest BCUT2D eigenvalue weighted by atomic mass is 19.4. The fourth-order valence-electron chi connectivity index (χ4n) is 2.96. The van der Waals surface area contributed by atoms with Crippen molar-refractivity contribution in [3.05, 3.63) is 63.7 Å². The van der Waals surface area contributed by atoms with Gasteiger partial charge in [0.25, 0.3) is 11.5 Å². The molecule has 1 amide bonds. The second-order valence-electron chi connectivity index (χ2n) is 6.62.